The van der Waals surface area contributed by atoms with E-state index in [-0.39, 0.29) is 16.4 Å². The SMILES string of the molecule is COc1ccc(OC)c(S(=O)(=O)N2CCN(CC(=O)c3cc(C)n(C4CC4)c3C)CC2)c1. The van der Waals surface area contributed by atoms with Gasteiger partial charge in [0.25, 0.3) is 0 Å². The van der Waals surface area contributed by atoms with E-state index in [0.717, 1.165) is 17.0 Å². The van der Waals surface area contributed by atoms with E-state index in [0.29, 0.717) is 44.5 Å². The minimum atomic E-state index is -3.74. The van der Waals surface area contributed by atoms with Gasteiger partial charge in [0.05, 0.1) is 20.8 Å². The Labute approximate surface area is 189 Å². The van der Waals surface area contributed by atoms with Gasteiger partial charge in [-0.25, -0.2) is 8.42 Å². The van der Waals surface area contributed by atoms with Crippen molar-refractivity contribution in [1.82, 2.24) is 13.8 Å². The molecule has 2 aromatic rings. The van der Waals surface area contributed by atoms with E-state index in [1.807, 2.05) is 17.9 Å². The van der Waals surface area contributed by atoms with Crippen LogP contribution in [0.5, 0.6) is 11.5 Å². The first-order chi connectivity index (χ1) is 15.3. The number of hydrogen-bond donors (Lipinski definition) is 0. The molecule has 0 bridgehead atoms. The maximum atomic E-state index is 13.2. The van der Waals surface area contributed by atoms with Crippen LogP contribution < -0.4 is 9.47 Å². The molecule has 2 fully saturated rings. The normalized spacial score (nSPS) is 18.0. The van der Waals surface area contributed by atoms with Crippen LogP contribution in [0.3, 0.4) is 0 Å². The van der Waals surface area contributed by atoms with Gasteiger partial charge in [-0.1, -0.05) is 0 Å². The van der Waals surface area contributed by atoms with Gasteiger partial charge < -0.3 is 14.0 Å². The standard InChI is InChI=1S/C23H31N3O5S/c1-16-13-20(17(2)26(16)18-5-6-18)21(27)15-24-9-11-25(12-10-24)32(28,29)23-14-19(30-3)7-8-22(23)31-4/h7-8,13-14,18H,5-6,9-12,15H2,1-4H3. The van der Waals surface area contributed by atoms with Crippen molar-refractivity contribution < 1.29 is 22.7 Å². The van der Waals surface area contributed by atoms with Crippen LogP contribution >= 0.6 is 0 Å². The van der Waals surface area contributed by atoms with E-state index in [1.54, 1.807) is 12.1 Å². The second-order valence-electron chi connectivity index (χ2n) is 8.51. The molecule has 1 aromatic heterocycles. The number of sulfonamides is 1. The van der Waals surface area contributed by atoms with Crippen LogP contribution in [-0.2, 0) is 10.0 Å². The lowest BCUT2D eigenvalue weighted by molar-refractivity contribution is 0.0901. The molecule has 0 amide bonds. The van der Waals surface area contributed by atoms with E-state index in [4.69, 9.17) is 9.47 Å². The minimum Gasteiger partial charge on any atom is -0.497 e. The molecule has 4 rings (SSSR count). The van der Waals surface area contributed by atoms with Crippen LogP contribution in [0.15, 0.2) is 29.2 Å². The van der Waals surface area contributed by atoms with Crippen LogP contribution in [0.2, 0.25) is 0 Å². The first kappa shape index (κ1) is 22.8. The summed E-state index contributed by atoms with van der Waals surface area (Å²) in [5.74, 6) is 0.836. The number of aromatic nitrogens is 1. The van der Waals surface area contributed by atoms with Gasteiger partial charge in [0.15, 0.2) is 5.78 Å². The highest BCUT2D eigenvalue weighted by Gasteiger charge is 2.33. The van der Waals surface area contributed by atoms with E-state index in [9.17, 15) is 13.2 Å². The first-order valence-corrected chi connectivity index (χ1v) is 12.4. The Bertz CT molecular complexity index is 1110. The number of piperazine rings is 1. The second kappa shape index (κ2) is 8.88. The summed E-state index contributed by atoms with van der Waals surface area (Å²) in [6, 6.07) is 7.28. The lowest BCUT2D eigenvalue weighted by Crippen LogP contribution is -2.49. The Hall–Kier alpha value is -2.36. The molecule has 174 valence electrons. The fourth-order valence-electron chi connectivity index (χ4n) is 4.49. The number of rotatable bonds is 8. The zero-order valence-corrected chi connectivity index (χ0v) is 19.9. The smallest absolute Gasteiger partial charge is 0.246 e. The Morgan fingerprint density at radius 3 is 2.31 bits per heavy atom. The number of nitrogens with zero attached hydrogens (tertiary/aromatic N) is 3. The van der Waals surface area contributed by atoms with Gasteiger partial charge in [0.2, 0.25) is 10.0 Å². The number of carbonyl (C=O) groups excluding carboxylic acids is 1. The average Bonchev–Trinajstić information content (AvgIpc) is 3.57. The number of aryl methyl sites for hydroxylation is 1. The molecule has 1 saturated heterocycles. The summed E-state index contributed by atoms with van der Waals surface area (Å²) in [6.45, 7) is 6.00. The van der Waals surface area contributed by atoms with Crippen LogP contribution in [0, 0.1) is 13.8 Å². The van der Waals surface area contributed by atoms with Crippen LogP contribution in [0.4, 0.5) is 0 Å². The predicted molar refractivity (Wildman–Crippen MR) is 121 cm³/mol. The Morgan fingerprint density at radius 1 is 1.03 bits per heavy atom. The van der Waals surface area contributed by atoms with Crippen molar-refractivity contribution in [3.63, 3.8) is 0 Å². The van der Waals surface area contributed by atoms with E-state index < -0.39 is 10.0 Å². The fraction of sp³-hybridized carbons (Fsp3) is 0.522. The molecule has 2 aliphatic rings. The molecule has 2 heterocycles. The lowest BCUT2D eigenvalue weighted by Gasteiger charge is -2.33. The zero-order valence-electron chi connectivity index (χ0n) is 19.1. The van der Waals surface area contributed by atoms with Gasteiger partial charge in [-0.15, -0.1) is 0 Å². The molecule has 0 radical (unpaired) electrons. The molecule has 0 spiro atoms. The quantitative estimate of drug-likeness (QED) is 0.562. The lowest BCUT2D eigenvalue weighted by atomic mass is 10.1. The number of Topliss-reactive ketones (excluding diaryl/α,β-unsaturated/α-hetero) is 1. The molecule has 0 unspecified atom stereocenters. The maximum absolute atomic E-state index is 13.2. The molecular weight excluding hydrogens is 430 g/mol. The largest absolute Gasteiger partial charge is 0.497 e. The Balaban J connectivity index is 1.42. The van der Waals surface area contributed by atoms with Gasteiger partial charge >= 0.3 is 0 Å². The Kier molecular flexibility index (Phi) is 6.33. The number of ether oxygens (including phenoxy) is 2. The molecule has 1 aliphatic heterocycles. The highest BCUT2D eigenvalue weighted by Crippen LogP contribution is 2.38. The van der Waals surface area contributed by atoms with Gasteiger partial charge in [0.1, 0.15) is 16.4 Å². The highest BCUT2D eigenvalue weighted by molar-refractivity contribution is 7.89. The van der Waals surface area contributed by atoms with E-state index in [1.165, 1.54) is 37.4 Å². The summed E-state index contributed by atoms with van der Waals surface area (Å²) >= 11 is 0. The van der Waals surface area contributed by atoms with Crippen molar-refractivity contribution in [3.05, 3.63) is 41.2 Å². The maximum Gasteiger partial charge on any atom is 0.246 e. The zero-order chi connectivity index (χ0) is 23.0. The van der Waals surface area contributed by atoms with Crippen LogP contribution in [0.25, 0.3) is 0 Å². The summed E-state index contributed by atoms with van der Waals surface area (Å²) in [6.07, 6.45) is 2.36. The third-order valence-electron chi connectivity index (χ3n) is 6.38. The summed E-state index contributed by atoms with van der Waals surface area (Å²) in [5, 5.41) is 0. The number of benzene rings is 1. The molecule has 1 saturated carbocycles. The monoisotopic (exact) mass is 461 g/mol. The predicted octanol–water partition coefficient (Wildman–Crippen LogP) is 2.65. The molecule has 1 aliphatic carbocycles. The molecule has 8 nitrogen and oxygen atoms in total. The molecule has 1 aromatic carbocycles. The van der Waals surface area contributed by atoms with Crippen molar-refractivity contribution in [3.8, 4) is 11.5 Å². The molecule has 9 heteroatoms. The van der Waals surface area contributed by atoms with Gasteiger partial charge in [-0.05, 0) is 44.9 Å². The molecular formula is C23H31N3O5S. The number of methoxy groups -OCH3 is 2. The minimum absolute atomic E-state index is 0.0933. The number of carbonyl (C=O) groups is 1. The number of ketones is 1. The second-order valence-corrected chi connectivity index (χ2v) is 10.4. The van der Waals surface area contributed by atoms with Crippen LogP contribution in [0.1, 0.15) is 40.6 Å². The average molecular weight is 462 g/mol. The third-order valence-corrected chi connectivity index (χ3v) is 8.30. The summed E-state index contributed by atoms with van der Waals surface area (Å²) < 4.78 is 40.7. The van der Waals surface area contributed by atoms with Crippen molar-refractivity contribution in [1.29, 1.82) is 0 Å². The molecule has 0 atom stereocenters. The van der Waals surface area contributed by atoms with Crippen molar-refractivity contribution in [2.24, 2.45) is 0 Å². The highest BCUT2D eigenvalue weighted by atomic mass is 32.2. The van der Waals surface area contributed by atoms with Crippen LogP contribution in [-0.4, -0.2) is 74.9 Å². The van der Waals surface area contributed by atoms with E-state index >= 15 is 0 Å². The summed E-state index contributed by atoms with van der Waals surface area (Å²) in [4.78, 5) is 15.1. The first-order valence-electron chi connectivity index (χ1n) is 10.9. The summed E-state index contributed by atoms with van der Waals surface area (Å²) in [5.41, 5.74) is 2.96. The van der Waals surface area contributed by atoms with E-state index in [2.05, 4.69) is 11.5 Å². The van der Waals surface area contributed by atoms with Crippen molar-refractivity contribution in [2.45, 2.75) is 37.6 Å². The van der Waals surface area contributed by atoms with Gasteiger partial charge in [0, 0.05) is 55.2 Å². The molecule has 32 heavy (non-hydrogen) atoms. The fourth-order valence-corrected chi connectivity index (χ4v) is 6.09. The van der Waals surface area contributed by atoms with Crippen molar-refractivity contribution >= 4 is 15.8 Å². The van der Waals surface area contributed by atoms with Crippen molar-refractivity contribution in [2.75, 3.05) is 46.9 Å². The van der Waals surface area contributed by atoms with Gasteiger partial charge in [-0.3, -0.25) is 9.69 Å². The molecule has 0 N–H and O–H groups in total. The Morgan fingerprint density at radius 2 is 1.72 bits per heavy atom. The summed E-state index contributed by atoms with van der Waals surface area (Å²) in [7, 11) is -0.795. The topological polar surface area (TPSA) is 81.1 Å². The van der Waals surface area contributed by atoms with Gasteiger partial charge in [-0.2, -0.15) is 4.31 Å². The third kappa shape index (κ3) is 4.29. The number of hydrogen-bond acceptors (Lipinski definition) is 6.